The molecular formula is C19H24O5SSi. The highest BCUT2D eigenvalue weighted by Crippen LogP contribution is 2.27. The van der Waals surface area contributed by atoms with Crippen LogP contribution in [0.5, 0.6) is 5.75 Å². The summed E-state index contributed by atoms with van der Waals surface area (Å²) in [5.74, 6) is 0.0134. The normalized spacial score (nSPS) is 13.3. The van der Waals surface area contributed by atoms with E-state index in [2.05, 4.69) is 0 Å². The van der Waals surface area contributed by atoms with Crippen molar-refractivity contribution in [2.75, 3.05) is 0 Å². The number of carbonyl (C=O) groups excluding carboxylic acids is 1. The maximum Gasteiger partial charge on any atom is 0.339 e. The molecule has 0 radical (unpaired) electrons. The lowest BCUT2D eigenvalue weighted by molar-refractivity contribution is -0.124. The SMILES string of the molecule is CC(=O)C(O[Si](C)(C)C)c1cccc(OS(=O)(=O)c2ccc(C)cc2)c1. The second-order valence-corrected chi connectivity index (χ2v) is 13.2. The summed E-state index contributed by atoms with van der Waals surface area (Å²) in [5, 5.41) is 0. The van der Waals surface area contributed by atoms with Crippen molar-refractivity contribution in [2.24, 2.45) is 0 Å². The Kier molecular flexibility index (Phi) is 6.05. The van der Waals surface area contributed by atoms with Gasteiger partial charge in [-0.2, -0.15) is 8.42 Å². The average Bonchev–Trinajstić information content (AvgIpc) is 2.52. The Hall–Kier alpha value is -1.96. The Morgan fingerprint density at radius 2 is 1.65 bits per heavy atom. The molecule has 0 aliphatic carbocycles. The molecule has 1 atom stereocenters. The lowest BCUT2D eigenvalue weighted by Gasteiger charge is -2.25. The van der Waals surface area contributed by atoms with Gasteiger partial charge in [-0.3, -0.25) is 4.79 Å². The van der Waals surface area contributed by atoms with Crippen LogP contribution >= 0.6 is 0 Å². The van der Waals surface area contributed by atoms with Gasteiger partial charge in [0.25, 0.3) is 0 Å². The number of rotatable bonds is 7. The van der Waals surface area contributed by atoms with E-state index in [9.17, 15) is 13.2 Å². The van der Waals surface area contributed by atoms with Gasteiger partial charge in [0.05, 0.1) is 0 Å². The summed E-state index contributed by atoms with van der Waals surface area (Å²) in [6, 6.07) is 12.9. The Morgan fingerprint density at radius 1 is 1.04 bits per heavy atom. The molecule has 140 valence electrons. The lowest BCUT2D eigenvalue weighted by atomic mass is 10.1. The molecular weight excluding hydrogens is 368 g/mol. The molecule has 1 unspecified atom stereocenters. The van der Waals surface area contributed by atoms with Gasteiger partial charge in [-0.25, -0.2) is 0 Å². The highest BCUT2D eigenvalue weighted by atomic mass is 32.2. The predicted molar refractivity (Wildman–Crippen MR) is 103 cm³/mol. The van der Waals surface area contributed by atoms with Gasteiger partial charge in [0, 0.05) is 0 Å². The number of benzene rings is 2. The minimum absolute atomic E-state index is 0.0787. The number of hydrogen-bond donors (Lipinski definition) is 0. The van der Waals surface area contributed by atoms with Crippen molar-refractivity contribution in [3.63, 3.8) is 0 Å². The van der Waals surface area contributed by atoms with E-state index in [0.29, 0.717) is 5.56 Å². The largest absolute Gasteiger partial charge is 0.404 e. The zero-order valence-corrected chi connectivity index (χ0v) is 17.5. The summed E-state index contributed by atoms with van der Waals surface area (Å²) in [5.41, 5.74) is 1.54. The van der Waals surface area contributed by atoms with E-state index >= 15 is 0 Å². The molecule has 2 aromatic carbocycles. The average molecular weight is 393 g/mol. The monoisotopic (exact) mass is 392 g/mol. The summed E-state index contributed by atoms with van der Waals surface area (Å²) in [6.45, 7) is 9.31. The van der Waals surface area contributed by atoms with Gasteiger partial charge in [0.2, 0.25) is 0 Å². The topological polar surface area (TPSA) is 69.7 Å². The standard InChI is InChI=1S/C19H24O5SSi/c1-14-9-11-18(12-10-14)25(21,22)23-17-8-6-7-16(13-17)19(15(2)20)24-26(3,4)5/h6-13,19H,1-5H3. The van der Waals surface area contributed by atoms with Crippen LogP contribution in [0.1, 0.15) is 24.2 Å². The summed E-state index contributed by atoms with van der Waals surface area (Å²) < 4.78 is 36.1. The Balaban J connectivity index is 2.30. The molecule has 0 fully saturated rings. The van der Waals surface area contributed by atoms with Gasteiger partial charge >= 0.3 is 10.1 Å². The first-order chi connectivity index (χ1) is 12.0. The predicted octanol–water partition coefficient (Wildman–Crippen LogP) is 4.24. The van der Waals surface area contributed by atoms with Crippen molar-refractivity contribution in [3.05, 3.63) is 59.7 Å². The second kappa shape index (κ2) is 7.73. The van der Waals surface area contributed by atoms with Crippen molar-refractivity contribution in [1.82, 2.24) is 0 Å². The maximum absolute atomic E-state index is 12.4. The molecule has 0 saturated heterocycles. The van der Waals surface area contributed by atoms with Crippen LogP contribution in [0.25, 0.3) is 0 Å². The Bertz CT molecular complexity index is 883. The molecule has 0 heterocycles. The van der Waals surface area contributed by atoms with Crippen molar-refractivity contribution in [1.29, 1.82) is 0 Å². The molecule has 0 aromatic heterocycles. The molecule has 0 saturated carbocycles. The molecule has 0 aliphatic heterocycles. The fourth-order valence-corrected chi connectivity index (χ4v) is 4.28. The molecule has 0 bridgehead atoms. The summed E-state index contributed by atoms with van der Waals surface area (Å²) >= 11 is 0. The smallest absolute Gasteiger partial charge is 0.339 e. The first kappa shape index (κ1) is 20.4. The van der Waals surface area contributed by atoms with Gasteiger partial charge in [-0.1, -0.05) is 29.8 Å². The number of Topliss-reactive ketones (excluding diaryl/α,β-unsaturated/α-hetero) is 1. The Labute approximate surface area is 156 Å². The quantitative estimate of drug-likeness (QED) is 0.520. The van der Waals surface area contributed by atoms with Crippen LogP contribution in [-0.2, 0) is 19.3 Å². The molecule has 2 rings (SSSR count). The van der Waals surface area contributed by atoms with Gasteiger partial charge < -0.3 is 8.61 Å². The molecule has 0 spiro atoms. The molecule has 0 amide bonds. The van der Waals surface area contributed by atoms with Crippen molar-refractivity contribution < 1.29 is 21.8 Å². The molecule has 2 aromatic rings. The van der Waals surface area contributed by atoms with E-state index in [-0.39, 0.29) is 16.4 Å². The zero-order valence-electron chi connectivity index (χ0n) is 15.6. The van der Waals surface area contributed by atoms with E-state index < -0.39 is 24.5 Å². The first-order valence-corrected chi connectivity index (χ1v) is 13.1. The van der Waals surface area contributed by atoms with E-state index in [0.717, 1.165) is 5.56 Å². The third-order valence-electron chi connectivity index (χ3n) is 3.52. The van der Waals surface area contributed by atoms with Gasteiger partial charge in [0.1, 0.15) is 16.7 Å². The Morgan fingerprint density at radius 3 is 2.19 bits per heavy atom. The van der Waals surface area contributed by atoms with E-state index in [1.165, 1.54) is 25.1 Å². The van der Waals surface area contributed by atoms with E-state index in [4.69, 9.17) is 8.61 Å². The zero-order chi connectivity index (χ0) is 19.5. The van der Waals surface area contributed by atoms with Crippen LogP contribution in [-0.4, -0.2) is 22.5 Å². The summed E-state index contributed by atoms with van der Waals surface area (Å²) in [4.78, 5) is 12.1. The molecule has 7 heteroatoms. The number of aryl methyl sites for hydroxylation is 1. The summed E-state index contributed by atoms with van der Waals surface area (Å²) in [6.07, 6.45) is -0.729. The highest BCUT2D eigenvalue weighted by molar-refractivity contribution is 7.87. The van der Waals surface area contributed by atoms with Crippen LogP contribution < -0.4 is 4.18 Å². The first-order valence-electron chi connectivity index (χ1n) is 8.27. The lowest BCUT2D eigenvalue weighted by Crippen LogP contribution is -2.30. The highest BCUT2D eigenvalue weighted by Gasteiger charge is 2.26. The van der Waals surface area contributed by atoms with E-state index in [1.807, 2.05) is 26.6 Å². The minimum Gasteiger partial charge on any atom is -0.404 e. The second-order valence-electron chi connectivity index (χ2n) is 7.14. The van der Waals surface area contributed by atoms with Crippen molar-refractivity contribution in [2.45, 2.75) is 44.5 Å². The third kappa shape index (κ3) is 5.52. The van der Waals surface area contributed by atoms with Crippen molar-refractivity contribution >= 4 is 24.2 Å². The molecule has 26 heavy (non-hydrogen) atoms. The van der Waals surface area contributed by atoms with Crippen LogP contribution in [0.3, 0.4) is 0 Å². The van der Waals surface area contributed by atoms with E-state index in [1.54, 1.807) is 30.3 Å². The van der Waals surface area contributed by atoms with Crippen molar-refractivity contribution in [3.8, 4) is 5.75 Å². The summed E-state index contributed by atoms with van der Waals surface area (Å²) in [7, 11) is -5.91. The number of hydrogen-bond acceptors (Lipinski definition) is 5. The van der Waals surface area contributed by atoms with Gasteiger partial charge in [0.15, 0.2) is 14.1 Å². The number of ketones is 1. The van der Waals surface area contributed by atoms with Gasteiger partial charge in [-0.05, 0) is 63.3 Å². The minimum atomic E-state index is -3.94. The fourth-order valence-electron chi connectivity index (χ4n) is 2.35. The van der Waals surface area contributed by atoms with Crippen LogP contribution in [0, 0.1) is 6.92 Å². The van der Waals surface area contributed by atoms with Crippen LogP contribution in [0.2, 0.25) is 19.6 Å². The molecule has 0 N–H and O–H groups in total. The van der Waals surface area contributed by atoms with Crippen LogP contribution in [0.15, 0.2) is 53.4 Å². The van der Waals surface area contributed by atoms with Gasteiger partial charge in [-0.15, -0.1) is 0 Å². The maximum atomic E-state index is 12.4. The number of carbonyl (C=O) groups is 1. The van der Waals surface area contributed by atoms with Crippen LogP contribution in [0.4, 0.5) is 0 Å². The fraction of sp³-hybridized carbons (Fsp3) is 0.316. The third-order valence-corrected chi connectivity index (χ3v) is 5.72. The molecule has 5 nitrogen and oxygen atoms in total. The molecule has 0 aliphatic rings.